The second-order valence-corrected chi connectivity index (χ2v) is 4.50. The van der Waals surface area contributed by atoms with Crippen molar-refractivity contribution >= 4 is 11.7 Å². The smallest absolute Gasteiger partial charge is 0.254 e. The number of hydrogen-bond acceptors (Lipinski definition) is 4. The molecule has 1 amide bonds. The van der Waals surface area contributed by atoms with Crippen LogP contribution < -0.4 is 10.6 Å². The standard InChI is InChI=1S/C13H20FN3O2/c1-9(2)8-19-7-6-17-13(18)10-4-5-16-12(15-3)11(10)14/h4-5,9H,6-8H2,1-3H3,(H,15,16)(H,17,18). The van der Waals surface area contributed by atoms with Gasteiger partial charge < -0.3 is 15.4 Å². The topological polar surface area (TPSA) is 63.2 Å². The van der Waals surface area contributed by atoms with Crippen LogP contribution in [0, 0.1) is 11.7 Å². The zero-order chi connectivity index (χ0) is 14.3. The Morgan fingerprint density at radius 2 is 2.26 bits per heavy atom. The third-order valence-corrected chi connectivity index (χ3v) is 2.35. The molecule has 0 saturated heterocycles. The van der Waals surface area contributed by atoms with E-state index in [9.17, 15) is 9.18 Å². The van der Waals surface area contributed by atoms with Crippen molar-refractivity contribution in [1.29, 1.82) is 0 Å². The summed E-state index contributed by atoms with van der Waals surface area (Å²) in [6.07, 6.45) is 1.39. The Bertz CT molecular complexity index is 424. The number of pyridine rings is 1. The molecule has 0 saturated carbocycles. The number of nitrogens with one attached hydrogen (secondary N) is 2. The van der Waals surface area contributed by atoms with Crippen molar-refractivity contribution in [2.75, 3.05) is 32.1 Å². The number of aromatic nitrogens is 1. The van der Waals surface area contributed by atoms with Gasteiger partial charge in [-0.1, -0.05) is 13.8 Å². The highest BCUT2D eigenvalue weighted by atomic mass is 19.1. The van der Waals surface area contributed by atoms with Crippen molar-refractivity contribution in [1.82, 2.24) is 10.3 Å². The van der Waals surface area contributed by atoms with Crippen LogP contribution in [0.25, 0.3) is 0 Å². The number of amides is 1. The van der Waals surface area contributed by atoms with E-state index in [1.165, 1.54) is 12.3 Å². The monoisotopic (exact) mass is 269 g/mol. The van der Waals surface area contributed by atoms with Crippen LogP contribution in [0.5, 0.6) is 0 Å². The van der Waals surface area contributed by atoms with Crippen molar-refractivity contribution in [3.63, 3.8) is 0 Å². The maximum Gasteiger partial charge on any atom is 0.254 e. The fourth-order valence-electron chi connectivity index (χ4n) is 1.44. The first kappa shape index (κ1) is 15.4. The Kier molecular flexibility index (Phi) is 6.21. The molecule has 0 fully saturated rings. The minimum Gasteiger partial charge on any atom is -0.379 e. The average molecular weight is 269 g/mol. The predicted octanol–water partition coefficient (Wildman–Crippen LogP) is 1.66. The molecule has 0 bridgehead atoms. The summed E-state index contributed by atoms with van der Waals surface area (Å²) >= 11 is 0. The lowest BCUT2D eigenvalue weighted by Gasteiger charge is -2.09. The van der Waals surface area contributed by atoms with Gasteiger partial charge in [0.15, 0.2) is 11.6 Å². The zero-order valence-corrected chi connectivity index (χ0v) is 11.5. The van der Waals surface area contributed by atoms with Gasteiger partial charge in [-0.25, -0.2) is 9.37 Å². The number of ether oxygens (including phenoxy) is 1. The molecular formula is C13H20FN3O2. The van der Waals surface area contributed by atoms with Gasteiger partial charge in [-0.2, -0.15) is 0 Å². The minimum absolute atomic E-state index is 0.0248. The number of nitrogens with zero attached hydrogens (tertiary/aromatic N) is 1. The van der Waals surface area contributed by atoms with E-state index in [-0.39, 0.29) is 11.4 Å². The highest BCUT2D eigenvalue weighted by Crippen LogP contribution is 2.13. The van der Waals surface area contributed by atoms with Gasteiger partial charge in [-0.3, -0.25) is 4.79 Å². The summed E-state index contributed by atoms with van der Waals surface area (Å²) in [6.45, 7) is 5.50. The second-order valence-electron chi connectivity index (χ2n) is 4.50. The van der Waals surface area contributed by atoms with E-state index in [4.69, 9.17) is 4.74 Å². The van der Waals surface area contributed by atoms with Crippen LogP contribution in [0.4, 0.5) is 10.2 Å². The SMILES string of the molecule is CNc1nccc(C(=O)NCCOCC(C)C)c1F. The maximum absolute atomic E-state index is 13.8. The van der Waals surface area contributed by atoms with E-state index in [2.05, 4.69) is 15.6 Å². The molecule has 1 rings (SSSR count). The summed E-state index contributed by atoms with van der Waals surface area (Å²) in [5.74, 6) is -0.606. The molecule has 0 radical (unpaired) electrons. The number of carbonyl (C=O) groups excluding carboxylic acids is 1. The van der Waals surface area contributed by atoms with Crippen LogP contribution in [-0.2, 0) is 4.74 Å². The van der Waals surface area contributed by atoms with E-state index in [1.807, 2.05) is 13.8 Å². The van der Waals surface area contributed by atoms with Gasteiger partial charge in [-0.15, -0.1) is 0 Å². The number of hydrogen-bond donors (Lipinski definition) is 2. The number of rotatable bonds is 7. The van der Waals surface area contributed by atoms with Crippen molar-refractivity contribution in [2.45, 2.75) is 13.8 Å². The molecule has 19 heavy (non-hydrogen) atoms. The van der Waals surface area contributed by atoms with Crippen molar-refractivity contribution < 1.29 is 13.9 Å². The molecule has 5 nitrogen and oxygen atoms in total. The van der Waals surface area contributed by atoms with E-state index in [1.54, 1.807) is 7.05 Å². The summed E-state index contributed by atoms with van der Waals surface area (Å²) in [6, 6.07) is 1.35. The normalized spacial score (nSPS) is 10.6. The molecule has 0 aliphatic carbocycles. The molecule has 0 unspecified atom stereocenters. The number of halogens is 1. The quantitative estimate of drug-likeness (QED) is 0.739. The molecule has 6 heteroatoms. The molecule has 0 spiro atoms. The van der Waals surface area contributed by atoms with Crippen LogP contribution in [0.1, 0.15) is 24.2 Å². The third-order valence-electron chi connectivity index (χ3n) is 2.35. The number of anilines is 1. The Labute approximate surface area is 112 Å². The first-order chi connectivity index (χ1) is 9.06. The van der Waals surface area contributed by atoms with Gasteiger partial charge >= 0.3 is 0 Å². The summed E-state index contributed by atoms with van der Waals surface area (Å²) in [4.78, 5) is 15.5. The van der Waals surface area contributed by atoms with Crippen LogP contribution in [-0.4, -0.2) is 37.7 Å². The molecule has 1 aromatic rings. The van der Waals surface area contributed by atoms with E-state index in [0.29, 0.717) is 25.7 Å². The molecule has 1 heterocycles. The fraction of sp³-hybridized carbons (Fsp3) is 0.538. The molecule has 0 aromatic carbocycles. The van der Waals surface area contributed by atoms with Crippen LogP contribution in [0.3, 0.4) is 0 Å². The van der Waals surface area contributed by atoms with E-state index in [0.717, 1.165) is 0 Å². The lowest BCUT2D eigenvalue weighted by atomic mass is 10.2. The maximum atomic E-state index is 13.8. The van der Waals surface area contributed by atoms with Crippen LogP contribution >= 0.6 is 0 Å². The molecule has 0 atom stereocenters. The first-order valence-corrected chi connectivity index (χ1v) is 6.24. The van der Waals surface area contributed by atoms with Crippen molar-refractivity contribution in [2.24, 2.45) is 5.92 Å². The van der Waals surface area contributed by atoms with Gasteiger partial charge in [0.1, 0.15) is 0 Å². The zero-order valence-electron chi connectivity index (χ0n) is 11.5. The highest BCUT2D eigenvalue weighted by molar-refractivity contribution is 5.95. The molecule has 106 valence electrons. The van der Waals surface area contributed by atoms with Gasteiger partial charge in [0.2, 0.25) is 0 Å². The average Bonchev–Trinajstić information content (AvgIpc) is 2.38. The van der Waals surface area contributed by atoms with Gasteiger partial charge in [0.05, 0.1) is 12.2 Å². The molecule has 0 aliphatic heterocycles. The van der Waals surface area contributed by atoms with Gasteiger partial charge in [0.25, 0.3) is 5.91 Å². The molecule has 2 N–H and O–H groups in total. The Hall–Kier alpha value is -1.69. The lowest BCUT2D eigenvalue weighted by Crippen LogP contribution is -2.28. The van der Waals surface area contributed by atoms with E-state index < -0.39 is 11.7 Å². The molecule has 1 aromatic heterocycles. The predicted molar refractivity (Wildman–Crippen MR) is 71.7 cm³/mol. The Morgan fingerprint density at radius 3 is 2.89 bits per heavy atom. The molecule has 0 aliphatic rings. The van der Waals surface area contributed by atoms with Crippen LogP contribution in [0.15, 0.2) is 12.3 Å². The fourth-order valence-corrected chi connectivity index (χ4v) is 1.44. The van der Waals surface area contributed by atoms with Gasteiger partial charge in [-0.05, 0) is 12.0 Å². The second kappa shape index (κ2) is 7.68. The summed E-state index contributed by atoms with van der Waals surface area (Å²) in [5, 5.41) is 5.19. The number of carbonyl (C=O) groups is 1. The Morgan fingerprint density at radius 1 is 1.53 bits per heavy atom. The molecular weight excluding hydrogens is 249 g/mol. The highest BCUT2D eigenvalue weighted by Gasteiger charge is 2.14. The van der Waals surface area contributed by atoms with Crippen molar-refractivity contribution in [3.8, 4) is 0 Å². The van der Waals surface area contributed by atoms with E-state index >= 15 is 0 Å². The largest absolute Gasteiger partial charge is 0.379 e. The van der Waals surface area contributed by atoms with Crippen LogP contribution in [0.2, 0.25) is 0 Å². The summed E-state index contributed by atoms with van der Waals surface area (Å²) in [5.41, 5.74) is -0.0248. The lowest BCUT2D eigenvalue weighted by molar-refractivity contribution is 0.0883. The Balaban J connectivity index is 2.46. The minimum atomic E-state index is -0.648. The van der Waals surface area contributed by atoms with Crippen molar-refractivity contribution in [3.05, 3.63) is 23.6 Å². The first-order valence-electron chi connectivity index (χ1n) is 6.24. The summed E-state index contributed by atoms with van der Waals surface area (Å²) in [7, 11) is 1.55. The third kappa shape index (κ3) is 4.82. The van der Waals surface area contributed by atoms with Gasteiger partial charge in [0, 0.05) is 26.4 Å². The summed E-state index contributed by atoms with van der Waals surface area (Å²) < 4.78 is 19.1.